The molecule has 23 heavy (non-hydrogen) atoms. The van der Waals surface area contributed by atoms with Gasteiger partial charge in [0.05, 0.1) is 12.6 Å². The lowest BCUT2D eigenvalue weighted by atomic mass is 10.2. The van der Waals surface area contributed by atoms with Gasteiger partial charge in [0.25, 0.3) is 0 Å². The third-order valence-corrected chi connectivity index (χ3v) is 3.94. The second-order valence-electron chi connectivity index (χ2n) is 5.23. The number of nitrogens with zero attached hydrogens (tertiary/aromatic N) is 1. The van der Waals surface area contributed by atoms with E-state index in [-0.39, 0.29) is 11.9 Å². The molecular weight excluding hydrogens is 362 g/mol. The fourth-order valence-corrected chi connectivity index (χ4v) is 2.32. The Morgan fingerprint density at radius 3 is 2.43 bits per heavy atom. The maximum Gasteiger partial charge on any atom is 0.248 e. The van der Waals surface area contributed by atoms with Gasteiger partial charge in [-0.15, -0.1) is 0 Å². The van der Waals surface area contributed by atoms with Crippen LogP contribution in [0.4, 0.5) is 5.69 Å². The number of amides is 2. The summed E-state index contributed by atoms with van der Waals surface area (Å²) in [5.74, 6) is 0.121. The van der Waals surface area contributed by atoms with Gasteiger partial charge in [-0.3, -0.25) is 14.5 Å². The summed E-state index contributed by atoms with van der Waals surface area (Å²) >= 11 is 3.25. The number of furan rings is 1. The van der Waals surface area contributed by atoms with Crippen molar-refractivity contribution in [2.24, 2.45) is 5.73 Å². The molecule has 0 radical (unpaired) electrons. The first-order valence-corrected chi connectivity index (χ1v) is 7.81. The van der Waals surface area contributed by atoms with Crippen LogP contribution < -0.4 is 11.1 Å². The van der Waals surface area contributed by atoms with E-state index in [2.05, 4.69) is 21.2 Å². The molecule has 0 aliphatic heterocycles. The molecular formula is C16H18BrN3O3. The first-order chi connectivity index (χ1) is 10.9. The molecule has 7 heteroatoms. The first-order valence-electron chi connectivity index (χ1n) is 7.02. The Hall–Kier alpha value is -2.12. The summed E-state index contributed by atoms with van der Waals surface area (Å²) < 4.78 is 6.10. The molecule has 0 fully saturated rings. The highest BCUT2D eigenvalue weighted by molar-refractivity contribution is 9.10. The van der Waals surface area contributed by atoms with E-state index < -0.39 is 5.91 Å². The number of primary amides is 1. The van der Waals surface area contributed by atoms with Gasteiger partial charge < -0.3 is 15.5 Å². The van der Waals surface area contributed by atoms with Crippen LogP contribution in [0.15, 0.2) is 45.5 Å². The molecule has 2 amide bonds. The Labute approximate surface area is 142 Å². The number of benzene rings is 1. The summed E-state index contributed by atoms with van der Waals surface area (Å²) in [4.78, 5) is 25.2. The molecule has 0 saturated carbocycles. The lowest BCUT2D eigenvalue weighted by Crippen LogP contribution is -2.39. The van der Waals surface area contributed by atoms with Gasteiger partial charge >= 0.3 is 0 Å². The number of hydrogen-bond donors (Lipinski definition) is 2. The lowest BCUT2D eigenvalue weighted by molar-refractivity contribution is -0.120. The summed E-state index contributed by atoms with van der Waals surface area (Å²) in [5, 5.41) is 2.81. The number of carbonyl (C=O) groups excluding carboxylic acids is 2. The molecule has 1 unspecified atom stereocenters. The Morgan fingerprint density at radius 1 is 1.26 bits per heavy atom. The van der Waals surface area contributed by atoms with Gasteiger partial charge in [-0.05, 0) is 66.3 Å². The first kappa shape index (κ1) is 17.2. The number of likely N-dealkylation sites (N-methyl/N-ethyl adjacent to an activating group) is 1. The van der Waals surface area contributed by atoms with E-state index in [0.29, 0.717) is 22.5 Å². The zero-order valence-electron chi connectivity index (χ0n) is 12.9. The van der Waals surface area contributed by atoms with Crippen LogP contribution in [0.3, 0.4) is 0 Å². The zero-order valence-corrected chi connectivity index (χ0v) is 14.5. The summed E-state index contributed by atoms with van der Waals surface area (Å²) in [7, 11) is 1.84. The predicted molar refractivity (Wildman–Crippen MR) is 90.9 cm³/mol. The van der Waals surface area contributed by atoms with Crippen molar-refractivity contribution in [2.75, 3.05) is 12.4 Å². The minimum atomic E-state index is -0.499. The molecule has 0 spiro atoms. The van der Waals surface area contributed by atoms with Gasteiger partial charge in [-0.1, -0.05) is 0 Å². The Morgan fingerprint density at radius 2 is 1.91 bits per heavy atom. The van der Waals surface area contributed by atoms with E-state index in [1.54, 1.807) is 24.3 Å². The smallest absolute Gasteiger partial charge is 0.248 e. The highest BCUT2D eigenvalue weighted by atomic mass is 79.9. The van der Waals surface area contributed by atoms with Crippen LogP contribution in [-0.2, 0) is 11.3 Å². The maximum atomic E-state index is 12.3. The van der Waals surface area contributed by atoms with E-state index >= 15 is 0 Å². The number of rotatable bonds is 6. The van der Waals surface area contributed by atoms with Crippen LogP contribution >= 0.6 is 15.9 Å². The van der Waals surface area contributed by atoms with Gasteiger partial charge in [0, 0.05) is 11.3 Å². The summed E-state index contributed by atoms with van der Waals surface area (Å²) in [5.41, 5.74) is 6.19. The van der Waals surface area contributed by atoms with Gasteiger partial charge in [-0.2, -0.15) is 0 Å². The van der Waals surface area contributed by atoms with Crippen LogP contribution in [0.25, 0.3) is 0 Å². The molecule has 0 aliphatic rings. The largest absolute Gasteiger partial charge is 0.453 e. The molecule has 0 aliphatic carbocycles. The van der Waals surface area contributed by atoms with Crippen LogP contribution in [0, 0.1) is 0 Å². The average Bonchev–Trinajstić information content (AvgIpc) is 2.92. The third-order valence-electron chi connectivity index (χ3n) is 3.51. The molecule has 0 bridgehead atoms. The average molecular weight is 380 g/mol. The molecule has 2 aromatic rings. The van der Waals surface area contributed by atoms with Gasteiger partial charge in [0.1, 0.15) is 5.76 Å². The minimum absolute atomic E-state index is 0.148. The molecule has 3 N–H and O–H groups in total. The molecule has 1 aromatic heterocycles. The van der Waals surface area contributed by atoms with E-state index in [1.165, 1.54) is 0 Å². The number of halogens is 1. The Bertz CT molecular complexity index is 697. The van der Waals surface area contributed by atoms with E-state index in [0.717, 1.165) is 5.76 Å². The molecule has 122 valence electrons. The van der Waals surface area contributed by atoms with Crippen molar-refractivity contribution >= 4 is 33.4 Å². The topological polar surface area (TPSA) is 88.6 Å². The normalized spacial score (nSPS) is 12.2. The van der Waals surface area contributed by atoms with E-state index in [4.69, 9.17) is 10.2 Å². The molecule has 1 heterocycles. The molecule has 0 saturated heterocycles. The minimum Gasteiger partial charge on any atom is -0.453 e. The highest BCUT2D eigenvalue weighted by Crippen LogP contribution is 2.16. The summed E-state index contributed by atoms with van der Waals surface area (Å²) in [6.07, 6.45) is 0. The van der Waals surface area contributed by atoms with E-state index in [1.807, 2.05) is 31.0 Å². The van der Waals surface area contributed by atoms with Gasteiger partial charge in [-0.25, -0.2) is 0 Å². The lowest BCUT2D eigenvalue weighted by Gasteiger charge is -2.22. The summed E-state index contributed by atoms with van der Waals surface area (Å²) in [6, 6.07) is 9.76. The maximum absolute atomic E-state index is 12.3. The SMILES string of the molecule is CC(C(=O)Nc1ccc(C(N)=O)cc1)N(C)Cc1ccc(Br)o1. The van der Waals surface area contributed by atoms with Crippen molar-refractivity contribution in [3.05, 3.63) is 52.4 Å². The van der Waals surface area contributed by atoms with Crippen LogP contribution in [0.5, 0.6) is 0 Å². The predicted octanol–water partition coefficient (Wildman–Crippen LogP) is 2.60. The molecule has 6 nitrogen and oxygen atoms in total. The van der Waals surface area contributed by atoms with Crippen molar-refractivity contribution in [1.82, 2.24) is 4.90 Å². The van der Waals surface area contributed by atoms with Crippen LogP contribution in [0.1, 0.15) is 23.0 Å². The third kappa shape index (κ3) is 4.67. The fraction of sp³-hybridized carbons (Fsp3) is 0.250. The molecule has 1 aromatic carbocycles. The molecule has 1 atom stereocenters. The Kier molecular flexibility index (Phi) is 5.57. The van der Waals surface area contributed by atoms with Gasteiger partial charge in [0.2, 0.25) is 11.8 Å². The second-order valence-corrected chi connectivity index (χ2v) is 6.01. The van der Waals surface area contributed by atoms with Crippen molar-refractivity contribution in [3.8, 4) is 0 Å². The van der Waals surface area contributed by atoms with Crippen LogP contribution in [-0.4, -0.2) is 29.8 Å². The second kappa shape index (κ2) is 7.43. The quantitative estimate of drug-likeness (QED) is 0.806. The summed E-state index contributed by atoms with van der Waals surface area (Å²) in [6.45, 7) is 2.33. The highest BCUT2D eigenvalue weighted by Gasteiger charge is 2.19. The van der Waals surface area contributed by atoms with Crippen molar-refractivity contribution in [1.29, 1.82) is 0 Å². The zero-order chi connectivity index (χ0) is 17.0. The van der Waals surface area contributed by atoms with E-state index in [9.17, 15) is 9.59 Å². The Balaban J connectivity index is 1.94. The number of anilines is 1. The van der Waals surface area contributed by atoms with Crippen molar-refractivity contribution in [2.45, 2.75) is 19.5 Å². The van der Waals surface area contributed by atoms with Gasteiger partial charge in [0.15, 0.2) is 4.67 Å². The van der Waals surface area contributed by atoms with Crippen molar-refractivity contribution < 1.29 is 14.0 Å². The number of nitrogens with one attached hydrogen (secondary N) is 1. The fourth-order valence-electron chi connectivity index (χ4n) is 1.98. The standard InChI is InChI=1S/C16H18BrN3O3/c1-10(20(2)9-13-7-8-14(17)23-13)16(22)19-12-5-3-11(4-6-12)15(18)21/h3-8,10H,9H2,1-2H3,(H2,18,21)(H,19,22). The number of hydrogen-bond acceptors (Lipinski definition) is 4. The van der Waals surface area contributed by atoms with Crippen molar-refractivity contribution in [3.63, 3.8) is 0 Å². The number of carbonyl (C=O) groups is 2. The van der Waals surface area contributed by atoms with Crippen LogP contribution in [0.2, 0.25) is 0 Å². The number of nitrogens with two attached hydrogens (primary N) is 1. The monoisotopic (exact) mass is 379 g/mol. The molecule has 2 rings (SSSR count).